The van der Waals surface area contributed by atoms with E-state index in [0.29, 0.717) is 11.8 Å². The van der Waals surface area contributed by atoms with Crippen LogP contribution in [-0.4, -0.2) is 26.6 Å². The molecule has 98 valence electrons. The van der Waals surface area contributed by atoms with Crippen molar-refractivity contribution in [2.45, 2.75) is 59.2 Å². The molecule has 2 nitrogen and oxygen atoms in total. The third kappa shape index (κ3) is 5.46. The van der Waals surface area contributed by atoms with Crippen LogP contribution in [0.3, 0.4) is 0 Å². The van der Waals surface area contributed by atoms with Gasteiger partial charge in [0.1, 0.15) is 0 Å². The second-order valence-corrected chi connectivity index (χ2v) is 11.5. The maximum Gasteiger partial charge on any atom is 0.191 e. The third-order valence-electron chi connectivity index (χ3n) is 3.65. The van der Waals surface area contributed by atoms with Gasteiger partial charge >= 0.3 is 0 Å². The van der Waals surface area contributed by atoms with E-state index < -0.39 is 8.32 Å². The summed E-state index contributed by atoms with van der Waals surface area (Å²) in [5, 5.41) is 9.30. The van der Waals surface area contributed by atoms with Crippen LogP contribution >= 0.6 is 0 Å². The predicted molar refractivity (Wildman–Crippen MR) is 73.2 cm³/mol. The zero-order valence-corrected chi connectivity index (χ0v) is 13.1. The van der Waals surface area contributed by atoms with Crippen molar-refractivity contribution in [2.24, 2.45) is 11.8 Å². The quantitative estimate of drug-likeness (QED) is 0.725. The van der Waals surface area contributed by atoms with Gasteiger partial charge in [0.2, 0.25) is 0 Å². The van der Waals surface area contributed by atoms with Crippen molar-refractivity contribution in [2.75, 3.05) is 13.2 Å². The summed E-state index contributed by atoms with van der Waals surface area (Å²) < 4.78 is 6.16. The van der Waals surface area contributed by atoms with Crippen LogP contribution in [-0.2, 0) is 4.43 Å². The van der Waals surface area contributed by atoms with Gasteiger partial charge in [-0.15, -0.1) is 0 Å². The van der Waals surface area contributed by atoms with Gasteiger partial charge in [-0.25, -0.2) is 0 Å². The molecule has 0 rings (SSSR count). The molecule has 0 saturated carbocycles. The molecule has 1 N–H and O–H groups in total. The largest absolute Gasteiger partial charge is 0.417 e. The monoisotopic (exact) mass is 246 g/mol. The van der Waals surface area contributed by atoms with Crippen LogP contribution in [0.15, 0.2) is 0 Å². The van der Waals surface area contributed by atoms with E-state index in [2.05, 4.69) is 47.7 Å². The molecule has 0 heterocycles. The van der Waals surface area contributed by atoms with Crippen molar-refractivity contribution in [3.8, 4) is 0 Å². The molecule has 2 atom stereocenters. The highest BCUT2D eigenvalue weighted by molar-refractivity contribution is 6.74. The summed E-state index contributed by atoms with van der Waals surface area (Å²) >= 11 is 0. The van der Waals surface area contributed by atoms with Gasteiger partial charge in [-0.2, -0.15) is 0 Å². The standard InChI is InChI=1S/C13H30O2Si/c1-11(9-14)8-12(2)10-15-16(6,7)13(3,4)5/h11-12,14H,8-10H2,1-7H3/t11-,12+/m1/s1. The molecular weight excluding hydrogens is 216 g/mol. The third-order valence-corrected chi connectivity index (χ3v) is 8.15. The van der Waals surface area contributed by atoms with Gasteiger partial charge in [-0.1, -0.05) is 34.6 Å². The van der Waals surface area contributed by atoms with Crippen LogP contribution in [0.5, 0.6) is 0 Å². The molecule has 0 aliphatic heterocycles. The van der Waals surface area contributed by atoms with Gasteiger partial charge in [-0.3, -0.25) is 0 Å². The molecule has 0 radical (unpaired) electrons. The SMILES string of the molecule is C[C@H](CO[Si](C)(C)C(C)(C)C)C[C@@H](C)CO. The maximum absolute atomic E-state index is 9.01. The van der Waals surface area contributed by atoms with Crippen molar-refractivity contribution in [1.29, 1.82) is 0 Å². The minimum Gasteiger partial charge on any atom is -0.417 e. The number of rotatable bonds is 6. The van der Waals surface area contributed by atoms with Crippen LogP contribution in [0.1, 0.15) is 41.0 Å². The zero-order valence-electron chi connectivity index (χ0n) is 12.1. The number of aliphatic hydroxyl groups excluding tert-OH is 1. The predicted octanol–water partition coefficient (Wildman–Crippen LogP) is 3.66. The first kappa shape index (κ1) is 16.1. The van der Waals surface area contributed by atoms with E-state index in [1.54, 1.807) is 0 Å². The van der Waals surface area contributed by atoms with E-state index in [9.17, 15) is 0 Å². The topological polar surface area (TPSA) is 29.5 Å². The molecule has 0 aromatic rings. The van der Waals surface area contributed by atoms with Crippen molar-refractivity contribution in [1.82, 2.24) is 0 Å². The fraction of sp³-hybridized carbons (Fsp3) is 1.00. The Hall–Kier alpha value is 0.137. The molecule has 16 heavy (non-hydrogen) atoms. The Morgan fingerprint density at radius 1 is 1.12 bits per heavy atom. The second kappa shape index (κ2) is 6.17. The molecule has 0 fully saturated rings. The zero-order chi connectivity index (χ0) is 13.0. The lowest BCUT2D eigenvalue weighted by molar-refractivity contribution is 0.179. The molecular formula is C13H30O2Si. The van der Waals surface area contributed by atoms with Crippen LogP contribution in [0.25, 0.3) is 0 Å². The highest BCUT2D eigenvalue weighted by Crippen LogP contribution is 2.36. The van der Waals surface area contributed by atoms with Gasteiger partial charge in [0.15, 0.2) is 8.32 Å². The number of hydrogen-bond acceptors (Lipinski definition) is 2. The fourth-order valence-electron chi connectivity index (χ4n) is 1.40. The Kier molecular flexibility index (Phi) is 6.23. The van der Waals surface area contributed by atoms with Crippen LogP contribution < -0.4 is 0 Å². The minimum atomic E-state index is -1.59. The summed E-state index contributed by atoms with van der Waals surface area (Å²) in [6.07, 6.45) is 1.05. The van der Waals surface area contributed by atoms with E-state index in [-0.39, 0.29) is 11.6 Å². The highest BCUT2D eigenvalue weighted by atomic mass is 28.4. The molecule has 0 aromatic heterocycles. The highest BCUT2D eigenvalue weighted by Gasteiger charge is 2.37. The van der Waals surface area contributed by atoms with Crippen LogP contribution in [0, 0.1) is 11.8 Å². The first-order chi connectivity index (χ1) is 7.10. The molecule has 0 amide bonds. The van der Waals surface area contributed by atoms with Crippen molar-refractivity contribution < 1.29 is 9.53 Å². The Labute approximate surface area is 103 Å². The summed E-state index contributed by atoms with van der Waals surface area (Å²) in [5.74, 6) is 0.925. The average molecular weight is 246 g/mol. The molecule has 0 saturated heterocycles. The lowest BCUT2D eigenvalue weighted by atomic mass is 9.99. The molecule has 0 bridgehead atoms. The van der Waals surface area contributed by atoms with Crippen molar-refractivity contribution in [3.05, 3.63) is 0 Å². The minimum absolute atomic E-state index is 0.282. The Morgan fingerprint density at radius 2 is 1.62 bits per heavy atom. The van der Waals surface area contributed by atoms with Gasteiger partial charge in [-0.05, 0) is 36.4 Å². The Morgan fingerprint density at radius 3 is 2.00 bits per heavy atom. The van der Waals surface area contributed by atoms with Crippen molar-refractivity contribution in [3.63, 3.8) is 0 Å². The van der Waals surface area contributed by atoms with Gasteiger partial charge in [0, 0.05) is 13.2 Å². The summed E-state index contributed by atoms with van der Waals surface area (Å²) in [6, 6.07) is 0. The molecule has 0 aliphatic rings. The van der Waals surface area contributed by atoms with E-state index in [4.69, 9.17) is 9.53 Å². The van der Waals surface area contributed by atoms with E-state index >= 15 is 0 Å². The second-order valence-electron chi connectivity index (χ2n) is 6.70. The molecule has 3 heteroatoms. The number of hydrogen-bond donors (Lipinski definition) is 1. The van der Waals surface area contributed by atoms with Gasteiger partial charge in [0.25, 0.3) is 0 Å². The first-order valence-electron chi connectivity index (χ1n) is 6.35. The van der Waals surface area contributed by atoms with Crippen LogP contribution in [0.4, 0.5) is 0 Å². The Bertz CT molecular complexity index is 197. The molecule has 0 aliphatic carbocycles. The van der Waals surface area contributed by atoms with Crippen LogP contribution in [0.2, 0.25) is 18.1 Å². The number of aliphatic hydroxyl groups is 1. The lowest BCUT2D eigenvalue weighted by Crippen LogP contribution is -2.41. The summed E-state index contributed by atoms with van der Waals surface area (Å²) in [6.45, 7) is 16.8. The van der Waals surface area contributed by atoms with Crippen molar-refractivity contribution >= 4 is 8.32 Å². The molecule has 0 spiro atoms. The van der Waals surface area contributed by atoms with Gasteiger partial charge < -0.3 is 9.53 Å². The maximum atomic E-state index is 9.01. The molecule has 0 unspecified atom stereocenters. The summed E-state index contributed by atoms with van der Waals surface area (Å²) in [4.78, 5) is 0. The summed E-state index contributed by atoms with van der Waals surface area (Å²) in [5.41, 5.74) is 0. The normalized spacial score (nSPS) is 17.2. The van der Waals surface area contributed by atoms with E-state index in [0.717, 1.165) is 13.0 Å². The summed E-state index contributed by atoms with van der Waals surface area (Å²) in [7, 11) is -1.59. The van der Waals surface area contributed by atoms with E-state index in [1.807, 2.05) is 0 Å². The average Bonchev–Trinajstić information content (AvgIpc) is 2.13. The molecule has 0 aromatic carbocycles. The van der Waals surface area contributed by atoms with E-state index in [1.165, 1.54) is 0 Å². The van der Waals surface area contributed by atoms with Gasteiger partial charge in [0.05, 0.1) is 0 Å². The first-order valence-corrected chi connectivity index (χ1v) is 9.25. The fourth-order valence-corrected chi connectivity index (χ4v) is 2.53. The Balaban J connectivity index is 4.05. The smallest absolute Gasteiger partial charge is 0.191 e. The lowest BCUT2D eigenvalue weighted by Gasteiger charge is -2.37.